The summed E-state index contributed by atoms with van der Waals surface area (Å²) < 4.78 is 4.88. The van der Waals surface area contributed by atoms with Crippen molar-refractivity contribution < 1.29 is 14.3 Å². The van der Waals surface area contributed by atoms with Gasteiger partial charge in [-0.05, 0) is 55.3 Å². The number of ether oxygens (including phenoxy) is 1. The Balaban J connectivity index is 1.55. The van der Waals surface area contributed by atoms with Gasteiger partial charge < -0.3 is 25.6 Å². The number of benzene rings is 2. The predicted molar refractivity (Wildman–Crippen MR) is 137 cm³/mol. The molecule has 184 valence electrons. The van der Waals surface area contributed by atoms with E-state index in [1.807, 2.05) is 24.3 Å². The van der Waals surface area contributed by atoms with Gasteiger partial charge in [-0.25, -0.2) is 4.79 Å². The zero-order valence-electron chi connectivity index (χ0n) is 19.0. The number of rotatable bonds is 10. The first-order chi connectivity index (χ1) is 16.3. The second kappa shape index (κ2) is 13.2. The molecule has 1 aliphatic heterocycles. The number of hydrogen-bond acceptors (Lipinski definition) is 4. The molecule has 34 heavy (non-hydrogen) atoms. The first kappa shape index (κ1) is 26.6. The topological polar surface area (TPSA) is 82.7 Å². The molecule has 3 N–H and O–H groups in total. The fourth-order valence-corrected chi connectivity index (χ4v) is 4.68. The number of carbonyl (C=O) groups is 2. The molecule has 3 rings (SSSR count). The minimum absolute atomic E-state index is 0.0737. The SMILES string of the molecule is COCC(=O)NC1CCN(CCC(CNC(=O)Nc2cc(Cl)cc(Cl)c2)c2ccc(Cl)cc2)C1. The first-order valence-corrected chi connectivity index (χ1v) is 12.2. The van der Waals surface area contributed by atoms with E-state index in [9.17, 15) is 9.59 Å². The molecule has 0 aliphatic carbocycles. The molecule has 0 saturated carbocycles. The summed E-state index contributed by atoms with van der Waals surface area (Å²) in [5.74, 6) is -0.00214. The van der Waals surface area contributed by atoms with Crippen LogP contribution in [0.3, 0.4) is 0 Å². The van der Waals surface area contributed by atoms with Gasteiger partial charge in [0.1, 0.15) is 6.61 Å². The largest absolute Gasteiger partial charge is 0.375 e. The van der Waals surface area contributed by atoms with Crippen LogP contribution in [0.2, 0.25) is 15.1 Å². The molecule has 0 bridgehead atoms. The Hall–Kier alpha value is -2.03. The number of amides is 3. The molecule has 2 unspecified atom stereocenters. The number of hydrogen-bond donors (Lipinski definition) is 3. The maximum Gasteiger partial charge on any atom is 0.319 e. The molecule has 10 heteroatoms. The van der Waals surface area contributed by atoms with Gasteiger partial charge in [0.2, 0.25) is 5.91 Å². The first-order valence-electron chi connectivity index (χ1n) is 11.1. The summed E-state index contributed by atoms with van der Waals surface area (Å²) in [4.78, 5) is 26.6. The summed E-state index contributed by atoms with van der Waals surface area (Å²) in [5, 5.41) is 10.3. The summed E-state index contributed by atoms with van der Waals surface area (Å²) in [7, 11) is 1.51. The third-order valence-corrected chi connectivity index (χ3v) is 6.37. The molecule has 1 heterocycles. The normalized spacial score (nSPS) is 16.8. The second-order valence-corrected chi connectivity index (χ2v) is 9.63. The van der Waals surface area contributed by atoms with E-state index >= 15 is 0 Å². The summed E-state index contributed by atoms with van der Waals surface area (Å²) >= 11 is 18.1. The Bertz CT molecular complexity index is 954. The zero-order valence-corrected chi connectivity index (χ0v) is 21.2. The standard InChI is InChI=1S/C24H29Cl3N4O3/c1-34-15-23(32)29-21-7-9-31(14-21)8-6-17(16-2-4-18(25)5-3-16)13-28-24(33)30-22-11-19(26)10-20(27)12-22/h2-5,10-12,17,21H,6-9,13-15H2,1H3,(H,29,32)(H2,28,30,33). The van der Waals surface area contributed by atoms with Crippen LogP contribution in [-0.2, 0) is 9.53 Å². The fourth-order valence-electron chi connectivity index (χ4n) is 4.03. The van der Waals surface area contributed by atoms with E-state index in [4.69, 9.17) is 39.5 Å². The van der Waals surface area contributed by atoms with E-state index < -0.39 is 0 Å². The Morgan fingerprint density at radius 1 is 1.09 bits per heavy atom. The number of likely N-dealkylation sites (tertiary alicyclic amines) is 1. The van der Waals surface area contributed by atoms with Crippen LogP contribution in [0.4, 0.5) is 10.5 Å². The fraction of sp³-hybridized carbons (Fsp3) is 0.417. The van der Waals surface area contributed by atoms with E-state index in [0.29, 0.717) is 27.3 Å². The van der Waals surface area contributed by atoms with Crippen molar-refractivity contribution in [2.75, 3.05) is 45.2 Å². The number of carbonyl (C=O) groups excluding carboxylic acids is 2. The van der Waals surface area contributed by atoms with Gasteiger partial charge in [0, 0.05) is 59.5 Å². The van der Waals surface area contributed by atoms with Crippen molar-refractivity contribution in [3.63, 3.8) is 0 Å². The van der Waals surface area contributed by atoms with Gasteiger partial charge in [-0.15, -0.1) is 0 Å². The summed E-state index contributed by atoms with van der Waals surface area (Å²) in [6.07, 6.45) is 1.74. The Kier molecular flexibility index (Phi) is 10.3. The van der Waals surface area contributed by atoms with Crippen molar-refractivity contribution in [3.8, 4) is 0 Å². The van der Waals surface area contributed by atoms with E-state index in [2.05, 4.69) is 20.9 Å². The number of methoxy groups -OCH3 is 1. The van der Waals surface area contributed by atoms with Crippen molar-refractivity contribution in [2.45, 2.75) is 24.8 Å². The van der Waals surface area contributed by atoms with Crippen molar-refractivity contribution >= 4 is 52.4 Å². The summed E-state index contributed by atoms with van der Waals surface area (Å²) in [5.41, 5.74) is 1.62. The minimum atomic E-state index is -0.334. The van der Waals surface area contributed by atoms with Gasteiger partial charge in [-0.3, -0.25) is 4.79 Å². The highest BCUT2D eigenvalue weighted by molar-refractivity contribution is 6.35. The van der Waals surface area contributed by atoms with Crippen LogP contribution < -0.4 is 16.0 Å². The number of anilines is 1. The second-order valence-electron chi connectivity index (χ2n) is 8.32. The molecule has 1 saturated heterocycles. The van der Waals surface area contributed by atoms with Crippen LogP contribution >= 0.6 is 34.8 Å². The summed E-state index contributed by atoms with van der Waals surface area (Å²) in [6, 6.07) is 12.4. The Morgan fingerprint density at radius 3 is 2.47 bits per heavy atom. The molecule has 1 fully saturated rings. The van der Waals surface area contributed by atoms with Crippen LogP contribution in [0.5, 0.6) is 0 Å². The highest BCUT2D eigenvalue weighted by Crippen LogP contribution is 2.24. The van der Waals surface area contributed by atoms with Crippen molar-refractivity contribution in [1.29, 1.82) is 0 Å². The van der Waals surface area contributed by atoms with Gasteiger partial charge in [0.05, 0.1) is 0 Å². The van der Waals surface area contributed by atoms with E-state index in [-0.39, 0.29) is 30.5 Å². The molecule has 0 spiro atoms. The molecule has 3 amide bonds. The van der Waals surface area contributed by atoms with Gasteiger partial charge in [-0.1, -0.05) is 46.9 Å². The highest BCUT2D eigenvalue weighted by atomic mass is 35.5. The van der Waals surface area contributed by atoms with Gasteiger partial charge >= 0.3 is 6.03 Å². The highest BCUT2D eigenvalue weighted by Gasteiger charge is 2.24. The molecule has 0 radical (unpaired) electrons. The number of nitrogens with one attached hydrogen (secondary N) is 3. The van der Waals surface area contributed by atoms with Gasteiger partial charge in [0.25, 0.3) is 0 Å². The van der Waals surface area contributed by atoms with E-state index in [0.717, 1.165) is 38.0 Å². The average molecular weight is 528 g/mol. The number of nitrogens with zero attached hydrogens (tertiary/aromatic N) is 1. The van der Waals surface area contributed by atoms with Crippen LogP contribution in [0.1, 0.15) is 24.3 Å². The third kappa shape index (κ3) is 8.64. The Morgan fingerprint density at radius 2 is 1.79 bits per heavy atom. The molecule has 1 aliphatic rings. The van der Waals surface area contributed by atoms with Crippen LogP contribution in [0, 0.1) is 0 Å². The zero-order chi connectivity index (χ0) is 24.5. The average Bonchev–Trinajstić information content (AvgIpc) is 3.21. The Labute approximate surface area is 215 Å². The quantitative estimate of drug-likeness (QED) is 0.415. The molecule has 2 aromatic carbocycles. The van der Waals surface area contributed by atoms with Crippen molar-refractivity contribution in [1.82, 2.24) is 15.5 Å². The third-order valence-electron chi connectivity index (χ3n) is 5.68. The number of urea groups is 1. The smallest absolute Gasteiger partial charge is 0.319 e. The maximum atomic E-state index is 12.5. The number of halogens is 3. The molecular formula is C24H29Cl3N4O3. The van der Waals surface area contributed by atoms with E-state index in [1.54, 1.807) is 18.2 Å². The maximum absolute atomic E-state index is 12.5. The lowest BCUT2D eigenvalue weighted by Gasteiger charge is -2.23. The van der Waals surface area contributed by atoms with Crippen LogP contribution in [0.15, 0.2) is 42.5 Å². The lowest BCUT2D eigenvalue weighted by molar-refractivity contribution is -0.125. The summed E-state index contributed by atoms with van der Waals surface area (Å²) in [6.45, 7) is 3.08. The van der Waals surface area contributed by atoms with Gasteiger partial charge in [0.15, 0.2) is 0 Å². The lowest BCUT2D eigenvalue weighted by Crippen LogP contribution is -2.39. The predicted octanol–water partition coefficient (Wildman–Crippen LogP) is 4.78. The molecular weight excluding hydrogens is 499 g/mol. The minimum Gasteiger partial charge on any atom is -0.375 e. The lowest BCUT2D eigenvalue weighted by atomic mass is 9.95. The molecule has 0 aromatic heterocycles. The monoisotopic (exact) mass is 526 g/mol. The van der Waals surface area contributed by atoms with Gasteiger partial charge in [-0.2, -0.15) is 0 Å². The van der Waals surface area contributed by atoms with Crippen LogP contribution in [0.25, 0.3) is 0 Å². The van der Waals surface area contributed by atoms with Crippen molar-refractivity contribution in [3.05, 3.63) is 63.1 Å². The molecule has 2 atom stereocenters. The van der Waals surface area contributed by atoms with Crippen LogP contribution in [-0.4, -0.2) is 62.8 Å². The van der Waals surface area contributed by atoms with E-state index in [1.165, 1.54) is 7.11 Å². The van der Waals surface area contributed by atoms with Crippen molar-refractivity contribution in [2.24, 2.45) is 0 Å². The molecule has 7 nitrogen and oxygen atoms in total. The molecule has 2 aromatic rings.